The number of nitrogens with zero attached hydrogens (tertiary/aromatic N) is 4. The third-order valence-electron chi connectivity index (χ3n) is 3.57. The van der Waals surface area contributed by atoms with E-state index in [2.05, 4.69) is 27.4 Å². The van der Waals surface area contributed by atoms with Gasteiger partial charge in [-0.05, 0) is 31.6 Å². The van der Waals surface area contributed by atoms with Crippen molar-refractivity contribution in [3.63, 3.8) is 0 Å². The van der Waals surface area contributed by atoms with Crippen molar-refractivity contribution in [3.8, 4) is 0 Å². The fraction of sp³-hybridized carbons (Fsp3) is 0.583. The van der Waals surface area contributed by atoms with Gasteiger partial charge in [-0.3, -0.25) is 4.40 Å². The maximum Gasteiger partial charge on any atom is 0.203 e. The predicted molar refractivity (Wildman–Crippen MR) is 65.8 cm³/mol. The summed E-state index contributed by atoms with van der Waals surface area (Å²) in [5, 5.41) is 11.5. The van der Waals surface area contributed by atoms with Crippen LogP contribution in [0.5, 0.6) is 0 Å². The highest BCUT2D eigenvalue weighted by molar-refractivity contribution is 5.61. The van der Waals surface area contributed by atoms with Crippen LogP contribution in [-0.2, 0) is 0 Å². The van der Waals surface area contributed by atoms with Gasteiger partial charge in [-0.15, -0.1) is 10.2 Å². The largest absolute Gasteiger partial charge is 0.364 e. The summed E-state index contributed by atoms with van der Waals surface area (Å²) in [5.74, 6) is 1.72. The van der Waals surface area contributed by atoms with E-state index >= 15 is 0 Å². The van der Waals surface area contributed by atoms with E-state index in [4.69, 9.17) is 0 Å². The Morgan fingerprint density at radius 1 is 1.29 bits per heavy atom. The van der Waals surface area contributed by atoms with Crippen LogP contribution in [0.2, 0.25) is 0 Å². The van der Waals surface area contributed by atoms with Gasteiger partial charge in [-0.1, -0.05) is 6.92 Å². The minimum Gasteiger partial charge on any atom is -0.364 e. The lowest BCUT2D eigenvalue weighted by atomic mass is 9.87. The van der Waals surface area contributed by atoms with Crippen LogP contribution in [0.25, 0.3) is 5.65 Å². The molecule has 0 radical (unpaired) electrons. The maximum absolute atomic E-state index is 4.36. The van der Waals surface area contributed by atoms with Gasteiger partial charge in [-0.25, -0.2) is 4.98 Å². The summed E-state index contributed by atoms with van der Waals surface area (Å²) in [5.41, 5.74) is 0.811. The van der Waals surface area contributed by atoms with Crippen molar-refractivity contribution < 1.29 is 0 Å². The first-order valence-electron chi connectivity index (χ1n) is 6.24. The van der Waals surface area contributed by atoms with Gasteiger partial charge in [0.25, 0.3) is 0 Å². The fourth-order valence-electron chi connectivity index (χ4n) is 2.46. The average molecular weight is 231 g/mol. The predicted octanol–water partition coefficient (Wildman–Crippen LogP) is 2.11. The topological polar surface area (TPSA) is 55.1 Å². The summed E-state index contributed by atoms with van der Waals surface area (Å²) in [6.07, 6.45) is 10.4. The zero-order valence-corrected chi connectivity index (χ0v) is 10.0. The normalized spacial score (nSPS) is 25.0. The number of hydrogen-bond donors (Lipinski definition) is 1. The molecule has 90 valence electrons. The fourth-order valence-corrected chi connectivity index (χ4v) is 2.46. The Hall–Kier alpha value is -1.65. The first kappa shape index (κ1) is 10.5. The van der Waals surface area contributed by atoms with E-state index < -0.39 is 0 Å². The van der Waals surface area contributed by atoms with Crippen molar-refractivity contribution in [1.82, 2.24) is 19.6 Å². The van der Waals surface area contributed by atoms with Crippen LogP contribution in [0, 0.1) is 5.92 Å². The number of rotatable bonds is 2. The van der Waals surface area contributed by atoms with Crippen LogP contribution in [-0.4, -0.2) is 25.6 Å². The standard InChI is InChI=1S/C12H17N5/c1-9-2-4-10(5-3-9)15-11-12-16-14-8-17(12)7-6-13-11/h6-10H,2-5H2,1H3,(H,13,15). The zero-order chi connectivity index (χ0) is 11.7. The molecule has 17 heavy (non-hydrogen) atoms. The van der Waals surface area contributed by atoms with Crippen molar-refractivity contribution in [2.45, 2.75) is 38.6 Å². The Labute approximate surface area is 100 Å². The molecule has 0 unspecified atom stereocenters. The summed E-state index contributed by atoms with van der Waals surface area (Å²) in [7, 11) is 0. The van der Waals surface area contributed by atoms with Crippen molar-refractivity contribution in [2.75, 3.05) is 5.32 Å². The molecular weight excluding hydrogens is 214 g/mol. The zero-order valence-electron chi connectivity index (χ0n) is 10.0. The van der Waals surface area contributed by atoms with Crippen LogP contribution in [0.3, 0.4) is 0 Å². The monoisotopic (exact) mass is 231 g/mol. The minimum absolute atomic E-state index is 0.529. The molecule has 0 amide bonds. The highest BCUT2D eigenvalue weighted by atomic mass is 15.2. The molecule has 0 saturated heterocycles. The van der Waals surface area contributed by atoms with Crippen LogP contribution < -0.4 is 5.32 Å². The first-order chi connectivity index (χ1) is 8.33. The molecule has 1 aliphatic rings. The van der Waals surface area contributed by atoms with E-state index in [0.29, 0.717) is 6.04 Å². The Morgan fingerprint density at radius 2 is 2.12 bits per heavy atom. The summed E-state index contributed by atoms with van der Waals surface area (Å²) in [6, 6.07) is 0.529. The van der Waals surface area contributed by atoms with Crippen molar-refractivity contribution in [2.24, 2.45) is 5.92 Å². The smallest absolute Gasteiger partial charge is 0.203 e. The van der Waals surface area contributed by atoms with Crippen LogP contribution in [0.1, 0.15) is 32.6 Å². The summed E-state index contributed by atoms with van der Waals surface area (Å²) in [6.45, 7) is 2.33. The summed E-state index contributed by atoms with van der Waals surface area (Å²) >= 11 is 0. The summed E-state index contributed by atoms with van der Waals surface area (Å²) in [4.78, 5) is 4.36. The van der Waals surface area contributed by atoms with E-state index in [0.717, 1.165) is 17.4 Å². The van der Waals surface area contributed by atoms with Gasteiger partial charge >= 0.3 is 0 Å². The lowest BCUT2D eigenvalue weighted by molar-refractivity contribution is 0.361. The number of hydrogen-bond acceptors (Lipinski definition) is 4. The summed E-state index contributed by atoms with van der Waals surface area (Å²) < 4.78 is 1.89. The van der Waals surface area contributed by atoms with Crippen LogP contribution in [0.4, 0.5) is 5.82 Å². The van der Waals surface area contributed by atoms with Gasteiger partial charge in [0.2, 0.25) is 5.65 Å². The van der Waals surface area contributed by atoms with E-state index in [-0.39, 0.29) is 0 Å². The van der Waals surface area contributed by atoms with E-state index in [1.54, 1.807) is 12.5 Å². The molecule has 5 nitrogen and oxygen atoms in total. The molecule has 0 aromatic carbocycles. The maximum atomic E-state index is 4.36. The molecule has 1 N–H and O–H groups in total. The van der Waals surface area contributed by atoms with Crippen molar-refractivity contribution >= 4 is 11.5 Å². The Morgan fingerprint density at radius 3 is 2.94 bits per heavy atom. The SMILES string of the molecule is CC1CCC(Nc2nccn3cnnc23)CC1. The molecule has 5 heteroatoms. The average Bonchev–Trinajstić information content (AvgIpc) is 2.81. The lowest BCUT2D eigenvalue weighted by Gasteiger charge is -2.27. The molecule has 0 atom stereocenters. The van der Waals surface area contributed by atoms with Gasteiger partial charge < -0.3 is 5.32 Å². The number of nitrogens with one attached hydrogen (secondary N) is 1. The van der Waals surface area contributed by atoms with Gasteiger partial charge in [-0.2, -0.15) is 0 Å². The molecule has 0 bridgehead atoms. The molecule has 2 heterocycles. The van der Waals surface area contributed by atoms with Crippen molar-refractivity contribution in [3.05, 3.63) is 18.7 Å². The molecular formula is C12H17N5. The third-order valence-corrected chi connectivity index (χ3v) is 3.57. The molecule has 2 aromatic heterocycles. The molecule has 1 fully saturated rings. The number of fused-ring (bicyclic) bond motifs is 1. The molecule has 0 aliphatic heterocycles. The number of aromatic nitrogens is 4. The van der Waals surface area contributed by atoms with E-state index in [1.807, 2.05) is 10.6 Å². The Balaban J connectivity index is 1.78. The number of anilines is 1. The molecule has 3 rings (SSSR count). The highest BCUT2D eigenvalue weighted by Gasteiger charge is 2.19. The van der Waals surface area contributed by atoms with Gasteiger partial charge in [0.05, 0.1) is 0 Å². The molecule has 0 spiro atoms. The van der Waals surface area contributed by atoms with E-state index in [1.165, 1.54) is 25.7 Å². The quantitative estimate of drug-likeness (QED) is 0.860. The second-order valence-electron chi connectivity index (χ2n) is 4.94. The second-order valence-corrected chi connectivity index (χ2v) is 4.94. The van der Waals surface area contributed by atoms with E-state index in [9.17, 15) is 0 Å². The minimum atomic E-state index is 0.529. The molecule has 2 aromatic rings. The first-order valence-corrected chi connectivity index (χ1v) is 6.24. The third kappa shape index (κ3) is 2.09. The van der Waals surface area contributed by atoms with Crippen molar-refractivity contribution in [1.29, 1.82) is 0 Å². The Kier molecular flexibility index (Phi) is 2.66. The highest BCUT2D eigenvalue weighted by Crippen LogP contribution is 2.26. The van der Waals surface area contributed by atoms with Crippen LogP contribution in [0.15, 0.2) is 18.7 Å². The van der Waals surface area contributed by atoms with Gasteiger partial charge in [0.1, 0.15) is 6.33 Å². The molecule has 1 saturated carbocycles. The van der Waals surface area contributed by atoms with Crippen LogP contribution >= 0.6 is 0 Å². The second kappa shape index (κ2) is 4.31. The van der Waals surface area contributed by atoms with Gasteiger partial charge in [0.15, 0.2) is 5.82 Å². The lowest BCUT2D eigenvalue weighted by Crippen LogP contribution is -2.25. The van der Waals surface area contributed by atoms with Gasteiger partial charge in [0, 0.05) is 18.4 Å². The molecule has 1 aliphatic carbocycles. The Bertz CT molecular complexity index is 498.